The molecule has 0 aromatic heterocycles. The standard InChI is InChI=1S/C14H12FNO4S/c1-2-20-12(17)8-16-13(18)11(21-14(16)19)7-9-4-3-5-10(15)6-9/h3-7H,2,8H2,1H3/b11-7+. The highest BCUT2D eigenvalue weighted by atomic mass is 32.2. The number of carbonyl (C=O) groups is 3. The van der Waals surface area contributed by atoms with Crippen LogP contribution in [0.1, 0.15) is 12.5 Å². The largest absolute Gasteiger partial charge is 0.465 e. The molecule has 0 aliphatic carbocycles. The molecule has 0 spiro atoms. The molecular formula is C14H12FNO4S. The number of imide groups is 1. The van der Waals surface area contributed by atoms with Crippen molar-refractivity contribution in [2.75, 3.05) is 13.2 Å². The summed E-state index contributed by atoms with van der Waals surface area (Å²) in [6.45, 7) is 1.39. The van der Waals surface area contributed by atoms with Gasteiger partial charge in [0, 0.05) is 0 Å². The summed E-state index contributed by atoms with van der Waals surface area (Å²) in [5.74, 6) is -1.66. The fraction of sp³-hybridized carbons (Fsp3) is 0.214. The van der Waals surface area contributed by atoms with Crippen LogP contribution >= 0.6 is 11.8 Å². The van der Waals surface area contributed by atoms with Crippen LogP contribution in [-0.4, -0.2) is 35.2 Å². The van der Waals surface area contributed by atoms with Crippen molar-refractivity contribution in [3.05, 3.63) is 40.6 Å². The molecule has 0 radical (unpaired) electrons. The van der Waals surface area contributed by atoms with Gasteiger partial charge in [0.05, 0.1) is 11.5 Å². The molecular weight excluding hydrogens is 297 g/mol. The van der Waals surface area contributed by atoms with E-state index in [2.05, 4.69) is 0 Å². The maximum atomic E-state index is 13.1. The summed E-state index contributed by atoms with van der Waals surface area (Å²) in [7, 11) is 0. The molecule has 0 bridgehead atoms. The van der Waals surface area contributed by atoms with Crippen molar-refractivity contribution in [1.29, 1.82) is 0 Å². The molecule has 1 aromatic carbocycles. The Labute approximate surface area is 124 Å². The highest BCUT2D eigenvalue weighted by Gasteiger charge is 2.36. The summed E-state index contributed by atoms with van der Waals surface area (Å²) in [5, 5.41) is -0.546. The topological polar surface area (TPSA) is 63.7 Å². The molecule has 0 saturated carbocycles. The number of amides is 2. The van der Waals surface area contributed by atoms with Crippen LogP contribution in [0.15, 0.2) is 29.2 Å². The smallest absolute Gasteiger partial charge is 0.326 e. The highest BCUT2D eigenvalue weighted by molar-refractivity contribution is 8.18. The molecule has 2 amide bonds. The lowest BCUT2D eigenvalue weighted by molar-refractivity contribution is -0.145. The van der Waals surface area contributed by atoms with E-state index in [0.717, 1.165) is 4.90 Å². The Morgan fingerprint density at radius 1 is 1.43 bits per heavy atom. The fourth-order valence-corrected chi connectivity index (χ4v) is 2.56. The van der Waals surface area contributed by atoms with Crippen molar-refractivity contribution in [2.24, 2.45) is 0 Å². The number of esters is 1. The van der Waals surface area contributed by atoms with Crippen molar-refractivity contribution >= 4 is 35.0 Å². The number of ether oxygens (including phenoxy) is 1. The number of hydrogen-bond acceptors (Lipinski definition) is 5. The first-order valence-corrected chi connectivity index (χ1v) is 6.99. The predicted octanol–water partition coefficient (Wildman–Crippen LogP) is 2.43. The molecule has 1 heterocycles. The number of halogens is 1. The number of benzene rings is 1. The number of carbonyl (C=O) groups excluding carboxylic acids is 3. The van der Waals surface area contributed by atoms with E-state index < -0.39 is 29.5 Å². The Morgan fingerprint density at radius 2 is 2.19 bits per heavy atom. The second-order valence-corrected chi connectivity index (χ2v) is 5.12. The van der Waals surface area contributed by atoms with Crippen molar-refractivity contribution in [1.82, 2.24) is 4.90 Å². The van der Waals surface area contributed by atoms with Gasteiger partial charge in [-0.15, -0.1) is 0 Å². The number of thioether (sulfide) groups is 1. The predicted molar refractivity (Wildman–Crippen MR) is 75.7 cm³/mol. The zero-order chi connectivity index (χ0) is 15.4. The molecule has 21 heavy (non-hydrogen) atoms. The van der Waals surface area contributed by atoms with Crippen LogP contribution in [0.5, 0.6) is 0 Å². The van der Waals surface area contributed by atoms with Gasteiger partial charge in [-0.2, -0.15) is 0 Å². The normalized spacial score (nSPS) is 16.7. The summed E-state index contributed by atoms with van der Waals surface area (Å²) in [6.07, 6.45) is 1.42. The van der Waals surface area contributed by atoms with Crippen molar-refractivity contribution in [3.63, 3.8) is 0 Å². The first-order valence-electron chi connectivity index (χ1n) is 6.18. The molecule has 5 nitrogen and oxygen atoms in total. The maximum Gasteiger partial charge on any atom is 0.326 e. The lowest BCUT2D eigenvalue weighted by Crippen LogP contribution is -2.34. The summed E-state index contributed by atoms with van der Waals surface area (Å²) in [6, 6.07) is 5.65. The van der Waals surface area contributed by atoms with E-state index in [9.17, 15) is 18.8 Å². The van der Waals surface area contributed by atoms with Crippen molar-refractivity contribution in [3.8, 4) is 0 Å². The molecule has 1 aromatic rings. The average molecular weight is 309 g/mol. The molecule has 1 aliphatic rings. The quantitative estimate of drug-likeness (QED) is 0.631. The second kappa shape index (κ2) is 6.53. The summed E-state index contributed by atoms with van der Waals surface area (Å²) in [5.41, 5.74) is 0.469. The van der Waals surface area contributed by atoms with Gasteiger partial charge < -0.3 is 4.74 Å². The molecule has 1 aliphatic heterocycles. The zero-order valence-corrected chi connectivity index (χ0v) is 12.0. The van der Waals surface area contributed by atoms with Crippen LogP contribution in [-0.2, 0) is 14.3 Å². The Kier molecular flexibility index (Phi) is 4.74. The van der Waals surface area contributed by atoms with E-state index >= 15 is 0 Å². The van der Waals surface area contributed by atoms with Crippen molar-refractivity contribution < 1.29 is 23.5 Å². The molecule has 0 unspecified atom stereocenters. The third kappa shape index (κ3) is 3.69. The molecule has 2 rings (SSSR count). The Balaban J connectivity index is 2.16. The minimum absolute atomic E-state index is 0.148. The van der Waals surface area contributed by atoms with E-state index in [0.29, 0.717) is 17.3 Å². The minimum Gasteiger partial charge on any atom is -0.465 e. The number of nitrogens with zero attached hydrogens (tertiary/aromatic N) is 1. The van der Waals surface area contributed by atoms with Gasteiger partial charge in [-0.05, 0) is 42.5 Å². The van der Waals surface area contributed by atoms with E-state index in [-0.39, 0.29) is 11.5 Å². The van der Waals surface area contributed by atoms with Crippen LogP contribution in [0.25, 0.3) is 6.08 Å². The maximum absolute atomic E-state index is 13.1. The monoisotopic (exact) mass is 309 g/mol. The van der Waals surface area contributed by atoms with Gasteiger partial charge in [0.1, 0.15) is 12.4 Å². The summed E-state index contributed by atoms with van der Waals surface area (Å²) < 4.78 is 17.8. The van der Waals surface area contributed by atoms with Gasteiger partial charge in [0.15, 0.2) is 0 Å². The first-order chi connectivity index (χ1) is 10.0. The molecule has 1 fully saturated rings. The van der Waals surface area contributed by atoms with Gasteiger partial charge >= 0.3 is 5.97 Å². The molecule has 1 saturated heterocycles. The van der Waals surface area contributed by atoms with Gasteiger partial charge in [0.25, 0.3) is 11.1 Å². The van der Waals surface area contributed by atoms with E-state index in [1.165, 1.54) is 24.3 Å². The molecule has 110 valence electrons. The van der Waals surface area contributed by atoms with Crippen LogP contribution in [0.3, 0.4) is 0 Å². The van der Waals surface area contributed by atoms with Gasteiger partial charge in [-0.25, -0.2) is 4.39 Å². The lowest BCUT2D eigenvalue weighted by atomic mass is 10.2. The average Bonchev–Trinajstić information content (AvgIpc) is 2.67. The fourth-order valence-electron chi connectivity index (χ4n) is 1.72. The van der Waals surface area contributed by atoms with Crippen LogP contribution < -0.4 is 0 Å². The van der Waals surface area contributed by atoms with Crippen LogP contribution in [0, 0.1) is 5.82 Å². The Morgan fingerprint density at radius 3 is 2.86 bits per heavy atom. The second-order valence-electron chi connectivity index (χ2n) is 4.13. The van der Waals surface area contributed by atoms with E-state index in [4.69, 9.17) is 4.74 Å². The SMILES string of the molecule is CCOC(=O)CN1C(=O)S/C(=C/c2cccc(F)c2)C1=O. The van der Waals surface area contributed by atoms with E-state index in [1.807, 2.05) is 0 Å². The Hall–Kier alpha value is -2.15. The Bertz CT molecular complexity index is 629. The molecule has 7 heteroatoms. The van der Waals surface area contributed by atoms with E-state index in [1.54, 1.807) is 13.0 Å². The third-order valence-corrected chi connectivity index (χ3v) is 3.52. The zero-order valence-electron chi connectivity index (χ0n) is 11.2. The molecule has 0 N–H and O–H groups in total. The van der Waals surface area contributed by atoms with Gasteiger partial charge in [0.2, 0.25) is 0 Å². The van der Waals surface area contributed by atoms with Gasteiger partial charge in [-0.3, -0.25) is 19.3 Å². The van der Waals surface area contributed by atoms with Crippen LogP contribution in [0.4, 0.5) is 9.18 Å². The van der Waals surface area contributed by atoms with Crippen LogP contribution in [0.2, 0.25) is 0 Å². The minimum atomic E-state index is -0.646. The summed E-state index contributed by atoms with van der Waals surface area (Å²) >= 11 is 0.711. The number of hydrogen-bond donors (Lipinski definition) is 0. The first kappa shape index (κ1) is 15.2. The third-order valence-electron chi connectivity index (χ3n) is 2.61. The number of rotatable bonds is 4. The summed E-state index contributed by atoms with van der Waals surface area (Å²) in [4.78, 5) is 36.1. The lowest BCUT2D eigenvalue weighted by Gasteiger charge is -2.10. The molecule has 0 atom stereocenters. The highest BCUT2D eigenvalue weighted by Crippen LogP contribution is 2.32. The van der Waals surface area contributed by atoms with Crippen molar-refractivity contribution in [2.45, 2.75) is 6.92 Å². The van der Waals surface area contributed by atoms with Gasteiger partial charge in [-0.1, -0.05) is 12.1 Å².